The van der Waals surface area contributed by atoms with Gasteiger partial charge in [0.05, 0.1) is 19.1 Å². The van der Waals surface area contributed by atoms with Crippen molar-refractivity contribution in [3.05, 3.63) is 33.9 Å². The van der Waals surface area contributed by atoms with Crippen LogP contribution in [0.1, 0.15) is 5.56 Å². The Kier molecular flexibility index (Phi) is 4.25. The fourth-order valence-electron chi connectivity index (χ4n) is 1.24. The Hall–Kier alpha value is -2.57. The number of hydrogen-bond donors (Lipinski definition) is 1. The summed E-state index contributed by atoms with van der Waals surface area (Å²) in [4.78, 5) is 20.9. The van der Waals surface area contributed by atoms with E-state index in [0.29, 0.717) is 5.56 Å². The van der Waals surface area contributed by atoms with Gasteiger partial charge in [-0.3, -0.25) is 10.1 Å². The number of rotatable bonds is 4. The lowest BCUT2D eigenvalue weighted by atomic mass is 10.1. The second-order valence-corrected chi connectivity index (χ2v) is 3.20. The Morgan fingerprint density at radius 1 is 1.44 bits per heavy atom. The number of aromatic hydroxyl groups is 1. The van der Waals surface area contributed by atoms with Crippen LogP contribution in [0.5, 0.6) is 11.5 Å². The van der Waals surface area contributed by atoms with Crippen LogP contribution in [-0.2, 0) is 9.53 Å². The van der Waals surface area contributed by atoms with E-state index in [1.54, 1.807) is 0 Å². The summed E-state index contributed by atoms with van der Waals surface area (Å²) < 4.78 is 9.19. The van der Waals surface area contributed by atoms with Gasteiger partial charge in [-0.1, -0.05) is 0 Å². The molecule has 0 saturated carbocycles. The Balaban J connectivity index is 3.22. The molecule has 0 spiro atoms. The van der Waals surface area contributed by atoms with Gasteiger partial charge in [0.2, 0.25) is 5.75 Å². The summed E-state index contributed by atoms with van der Waals surface area (Å²) in [5, 5.41) is 20.2. The molecule has 0 aromatic heterocycles. The summed E-state index contributed by atoms with van der Waals surface area (Å²) >= 11 is 0. The summed E-state index contributed by atoms with van der Waals surface area (Å²) in [5.41, 5.74) is -0.166. The molecule has 0 fully saturated rings. The highest BCUT2D eigenvalue weighted by Crippen LogP contribution is 2.37. The molecule has 0 unspecified atom stereocenters. The first-order chi connectivity index (χ1) is 8.49. The van der Waals surface area contributed by atoms with E-state index in [2.05, 4.69) is 4.74 Å². The average molecular weight is 253 g/mol. The van der Waals surface area contributed by atoms with Crippen molar-refractivity contribution in [2.75, 3.05) is 14.2 Å². The van der Waals surface area contributed by atoms with Crippen molar-refractivity contribution in [2.45, 2.75) is 0 Å². The summed E-state index contributed by atoms with van der Waals surface area (Å²) in [6, 6.07) is 2.49. The fourth-order valence-corrected chi connectivity index (χ4v) is 1.24. The van der Waals surface area contributed by atoms with Gasteiger partial charge in [-0.05, 0) is 17.7 Å². The number of methoxy groups -OCH3 is 2. The van der Waals surface area contributed by atoms with Gasteiger partial charge in [0.1, 0.15) is 0 Å². The molecule has 1 rings (SSSR count). The van der Waals surface area contributed by atoms with Gasteiger partial charge in [-0.25, -0.2) is 4.79 Å². The average Bonchev–Trinajstić information content (AvgIpc) is 2.36. The first-order valence-electron chi connectivity index (χ1n) is 4.81. The zero-order chi connectivity index (χ0) is 13.7. The SMILES string of the molecule is COC(=O)/C=C/c1cc(OC)c(O)c([N+](=O)[O-])c1. The standard InChI is InChI=1S/C11H11NO6/c1-17-9-6-7(3-4-10(13)18-2)5-8(11(9)14)12(15)16/h3-6,14H,1-2H3/b4-3+. The van der Waals surface area contributed by atoms with E-state index in [1.807, 2.05) is 0 Å². The summed E-state index contributed by atoms with van der Waals surface area (Å²) in [5.74, 6) is -1.20. The minimum atomic E-state index is -0.743. The molecule has 0 aliphatic heterocycles. The number of carbonyl (C=O) groups is 1. The van der Waals surface area contributed by atoms with Gasteiger partial charge < -0.3 is 14.6 Å². The molecule has 96 valence electrons. The third-order valence-corrected chi connectivity index (χ3v) is 2.11. The molecule has 7 heteroatoms. The summed E-state index contributed by atoms with van der Waals surface area (Å²) in [6.07, 6.45) is 2.43. The van der Waals surface area contributed by atoms with Gasteiger partial charge in [0.25, 0.3) is 0 Å². The number of phenols is 1. The zero-order valence-electron chi connectivity index (χ0n) is 9.75. The molecule has 0 bridgehead atoms. The lowest BCUT2D eigenvalue weighted by Crippen LogP contribution is -1.95. The number of nitro benzene ring substituents is 1. The first-order valence-corrected chi connectivity index (χ1v) is 4.81. The number of hydrogen-bond acceptors (Lipinski definition) is 6. The molecule has 0 aliphatic carbocycles. The second-order valence-electron chi connectivity index (χ2n) is 3.20. The van der Waals surface area contributed by atoms with Crippen LogP contribution in [0.4, 0.5) is 5.69 Å². The van der Waals surface area contributed by atoms with Gasteiger partial charge >= 0.3 is 11.7 Å². The maximum absolute atomic E-state index is 10.9. The maximum atomic E-state index is 10.9. The molecule has 18 heavy (non-hydrogen) atoms. The molecule has 0 aliphatic rings. The molecular formula is C11H11NO6. The molecule has 0 amide bonds. The van der Waals surface area contributed by atoms with E-state index in [1.165, 1.54) is 26.4 Å². The summed E-state index contributed by atoms with van der Waals surface area (Å²) in [6.45, 7) is 0. The lowest BCUT2D eigenvalue weighted by molar-refractivity contribution is -0.386. The van der Waals surface area contributed by atoms with Crippen LogP contribution in [0.25, 0.3) is 6.08 Å². The zero-order valence-corrected chi connectivity index (χ0v) is 9.75. The van der Waals surface area contributed by atoms with E-state index in [0.717, 1.165) is 12.1 Å². The normalized spacial score (nSPS) is 10.3. The molecule has 1 aromatic rings. The highest BCUT2D eigenvalue weighted by atomic mass is 16.6. The lowest BCUT2D eigenvalue weighted by Gasteiger charge is -2.05. The van der Waals surface area contributed by atoms with E-state index in [9.17, 15) is 20.0 Å². The van der Waals surface area contributed by atoms with Crippen LogP contribution in [0.2, 0.25) is 0 Å². The highest BCUT2D eigenvalue weighted by Gasteiger charge is 2.19. The van der Waals surface area contributed by atoms with Crippen molar-refractivity contribution in [1.82, 2.24) is 0 Å². The van der Waals surface area contributed by atoms with Crippen molar-refractivity contribution in [3.63, 3.8) is 0 Å². The smallest absolute Gasteiger partial charge is 0.330 e. The third kappa shape index (κ3) is 2.97. The Labute approximate surface area is 102 Å². The Bertz CT molecular complexity index is 509. The molecule has 0 saturated heterocycles. The minimum Gasteiger partial charge on any atom is -0.500 e. The van der Waals surface area contributed by atoms with Crippen molar-refractivity contribution >= 4 is 17.7 Å². The van der Waals surface area contributed by atoms with Gasteiger partial charge in [0.15, 0.2) is 5.75 Å². The molecule has 0 radical (unpaired) electrons. The molecule has 0 heterocycles. The van der Waals surface area contributed by atoms with Crippen LogP contribution in [-0.4, -0.2) is 30.2 Å². The number of nitro groups is 1. The van der Waals surface area contributed by atoms with Gasteiger partial charge in [-0.2, -0.15) is 0 Å². The van der Waals surface area contributed by atoms with E-state index in [-0.39, 0.29) is 5.75 Å². The second kappa shape index (κ2) is 5.67. The monoisotopic (exact) mass is 253 g/mol. The van der Waals surface area contributed by atoms with Crippen molar-refractivity contribution in [3.8, 4) is 11.5 Å². The number of esters is 1. The number of nitrogens with zero attached hydrogens (tertiary/aromatic N) is 1. The van der Waals surface area contributed by atoms with Crippen LogP contribution in [0.3, 0.4) is 0 Å². The van der Waals surface area contributed by atoms with Gasteiger partial charge in [0, 0.05) is 12.1 Å². The molecule has 1 aromatic carbocycles. The number of ether oxygens (including phenoxy) is 2. The van der Waals surface area contributed by atoms with Gasteiger partial charge in [-0.15, -0.1) is 0 Å². The van der Waals surface area contributed by atoms with E-state index >= 15 is 0 Å². The Morgan fingerprint density at radius 3 is 2.61 bits per heavy atom. The van der Waals surface area contributed by atoms with Crippen LogP contribution >= 0.6 is 0 Å². The third-order valence-electron chi connectivity index (χ3n) is 2.11. The van der Waals surface area contributed by atoms with Crippen LogP contribution in [0, 0.1) is 10.1 Å². The number of carbonyl (C=O) groups excluding carboxylic acids is 1. The first kappa shape index (κ1) is 13.5. The molecule has 7 nitrogen and oxygen atoms in total. The quantitative estimate of drug-likeness (QED) is 0.378. The Morgan fingerprint density at radius 2 is 2.11 bits per heavy atom. The van der Waals surface area contributed by atoms with E-state index < -0.39 is 22.3 Å². The predicted molar refractivity (Wildman–Crippen MR) is 62.4 cm³/mol. The predicted octanol–water partition coefficient (Wildman–Crippen LogP) is 1.50. The van der Waals surface area contributed by atoms with Crippen molar-refractivity contribution < 1.29 is 24.3 Å². The highest BCUT2D eigenvalue weighted by molar-refractivity contribution is 5.87. The largest absolute Gasteiger partial charge is 0.500 e. The van der Waals surface area contributed by atoms with Crippen molar-refractivity contribution in [1.29, 1.82) is 0 Å². The van der Waals surface area contributed by atoms with Crippen molar-refractivity contribution in [2.24, 2.45) is 0 Å². The van der Waals surface area contributed by atoms with E-state index in [4.69, 9.17) is 4.74 Å². The molecular weight excluding hydrogens is 242 g/mol. The molecule has 1 N–H and O–H groups in total. The topological polar surface area (TPSA) is 98.9 Å². The maximum Gasteiger partial charge on any atom is 0.330 e. The molecule has 0 atom stereocenters. The fraction of sp³-hybridized carbons (Fsp3) is 0.182. The minimum absolute atomic E-state index is 0.0475. The summed E-state index contributed by atoms with van der Waals surface area (Å²) in [7, 11) is 2.49. The van der Waals surface area contributed by atoms with Crippen LogP contribution in [0.15, 0.2) is 18.2 Å². The number of phenolic OH excluding ortho intramolecular Hbond substituents is 1. The van der Waals surface area contributed by atoms with Crippen LogP contribution < -0.4 is 4.74 Å². The number of benzene rings is 1.